The highest BCUT2D eigenvalue weighted by atomic mass is 32.2. The maximum atomic E-state index is 9.58. The van der Waals surface area contributed by atoms with E-state index in [4.69, 9.17) is 0 Å². The Balaban J connectivity index is 2.36. The number of rotatable bonds is 6. The predicted octanol–water partition coefficient (Wildman–Crippen LogP) is 3.25. The molecule has 1 N–H and O–H groups in total. The monoisotopic (exact) mass is 289 g/mol. The van der Waals surface area contributed by atoms with Gasteiger partial charge in [0.05, 0.1) is 11.3 Å². The van der Waals surface area contributed by atoms with Crippen LogP contribution in [0.15, 0.2) is 23.1 Å². The van der Waals surface area contributed by atoms with Gasteiger partial charge in [0.2, 0.25) is 0 Å². The lowest BCUT2D eigenvalue weighted by molar-refractivity contribution is 0.624. The van der Waals surface area contributed by atoms with Crippen molar-refractivity contribution >= 4 is 17.4 Å². The zero-order valence-electron chi connectivity index (χ0n) is 12.4. The van der Waals surface area contributed by atoms with Gasteiger partial charge in [-0.25, -0.2) is 0 Å². The zero-order valence-corrected chi connectivity index (χ0v) is 13.2. The molecule has 0 radical (unpaired) electrons. The van der Waals surface area contributed by atoms with Crippen LogP contribution in [0.25, 0.3) is 0 Å². The molecule has 0 bridgehead atoms. The molecule has 1 atom stereocenters. The van der Waals surface area contributed by atoms with Crippen LogP contribution < -0.4 is 10.2 Å². The summed E-state index contributed by atoms with van der Waals surface area (Å²) in [7, 11) is 0. The highest BCUT2D eigenvalue weighted by Gasteiger charge is 2.24. The first-order chi connectivity index (χ1) is 9.81. The minimum Gasteiger partial charge on any atom is -0.366 e. The fourth-order valence-electron chi connectivity index (χ4n) is 2.79. The van der Waals surface area contributed by atoms with Gasteiger partial charge in [0.25, 0.3) is 0 Å². The average molecular weight is 289 g/mol. The first-order valence-electron chi connectivity index (χ1n) is 7.45. The van der Waals surface area contributed by atoms with Crippen molar-refractivity contribution in [2.45, 2.75) is 37.6 Å². The maximum Gasteiger partial charge on any atom is 0.103 e. The smallest absolute Gasteiger partial charge is 0.103 e. The van der Waals surface area contributed by atoms with Crippen LogP contribution >= 0.6 is 11.8 Å². The van der Waals surface area contributed by atoms with E-state index in [0.717, 1.165) is 54.4 Å². The SMILES string of the molecule is CCCN(c1cccc(SCC)c1C#N)C1CCNC1. The van der Waals surface area contributed by atoms with E-state index in [2.05, 4.69) is 48.3 Å². The lowest BCUT2D eigenvalue weighted by Gasteiger charge is -2.31. The van der Waals surface area contributed by atoms with E-state index in [0.29, 0.717) is 6.04 Å². The van der Waals surface area contributed by atoms with Crippen molar-refractivity contribution in [3.63, 3.8) is 0 Å². The summed E-state index contributed by atoms with van der Waals surface area (Å²) in [5.74, 6) is 0.997. The minimum absolute atomic E-state index is 0.518. The Morgan fingerprint density at radius 1 is 1.45 bits per heavy atom. The zero-order chi connectivity index (χ0) is 14.4. The molecule has 108 valence electrons. The normalized spacial score (nSPS) is 17.9. The van der Waals surface area contributed by atoms with Crippen LogP contribution in [-0.4, -0.2) is 31.4 Å². The van der Waals surface area contributed by atoms with Crippen LogP contribution in [0.5, 0.6) is 0 Å². The molecule has 1 aliphatic rings. The third-order valence-electron chi connectivity index (χ3n) is 3.66. The Hall–Kier alpha value is -1.18. The summed E-state index contributed by atoms with van der Waals surface area (Å²) in [6.07, 6.45) is 2.27. The van der Waals surface area contributed by atoms with Gasteiger partial charge in [-0.2, -0.15) is 5.26 Å². The van der Waals surface area contributed by atoms with Crippen molar-refractivity contribution in [3.05, 3.63) is 23.8 Å². The van der Waals surface area contributed by atoms with E-state index >= 15 is 0 Å². The Morgan fingerprint density at radius 2 is 2.30 bits per heavy atom. The van der Waals surface area contributed by atoms with Crippen LogP contribution in [0.2, 0.25) is 0 Å². The van der Waals surface area contributed by atoms with Gasteiger partial charge < -0.3 is 10.2 Å². The fraction of sp³-hybridized carbons (Fsp3) is 0.562. The summed E-state index contributed by atoms with van der Waals surface area (Å²) in [5, 5.41) is 13.0. The van der Waals surface area contributed by atoms with Crippen LogP contribution in [0.4, 0.5) is 5.69 Å². The molecule has 1 aromatic carbocycles. The summed E-state index contributed by atoms with van der Waals surface area (Å²) >= 11 is 1.75. The highest BCUT2D eigenvalue weighted by Crippen LogP contribution is 2.32. The van der Waals surface area contributed by atoms with Gasteiger partial charge in [-0.3, -0.25) is 0 Å². The number of nitriles is 1. The van der Waals surface area contributed by atoms with Gasteiger partial charge in [0.15, 0.2) is 0 Å². The molecule has 1 saturated heterocycles. The number of thioether (sulfide) groups is 1. The molecule has 1 fully saturated rings. The van der Waals surface area contributed by atoms with Crippen LogP contribution in [0.1, 0.15) is 32.3 Å². The van der Waals surface area contributed by atoms with Gasteiger partial charge >= 0.3 is 0 Å². The molecule has 1 unspecified atom stereocenters. The summed E-state index contributed by atoms with van der Waals surface area (Å²) in [6.45, 7) is 7.45. The number of hydrogen-bond donors (Lipinski definition) is 1. The van der Waals surface area contributed by atoms with Crippen LogP contribution in [0.3, 0.4) is 0 Å². The van der Waals surface area contributed by atoms with Gasteiger partial charge in [-0.1, -0.05) is 19.9 Å². The van der Waals surface area contributed by atoms with Gasteiger partial charge in [-0.15, -0.1) is 11.8 Å². The predicted molar refractivity (Wildman–Crippen MR) is 86.5 cm³/mol. The third kappa shape index (κ3) is 3.28. The summed E-state index contributed by atoms with van der Waals surface area (Å²) in [4.78, 5) is 3.54. The topological polar surface area (TPSA) is 39.1 Å². The Morgan fingerprint density at radius 3 is 2.90 bits per heavy atom. The quantitative estimate of drug-likeness (QED) is 0.816. The number of anilines is 1. The molecule has 4 heteroatoms. The standard InChI is InChI=1S/C16H23N3S/c1-3-10-19(13-8-9-18-12-13)15-6-5-7-16(20-4-2)14(15)11-17/h5-7,13,18H,3-4,8-10,12H2,1-2H3. The Kier molecular flexibility index (Phi) is 5.75. The average Bonchev–Trinajstić information content (AvgIpc) is 2.99. The first-order valence-corrected chi connectivity index (χ1v) is 8.43. The number of benzene rings is 1. The second-order valence-electron chi connectivity index (χ2n) is 5.04. The molecule has 1 aliphatic heterocycles. The molecule has 2 rings (SSSR count). The summed E-state index contributed by atoms with van der Waals surface area (Å²) < 4.78 is 0. The lowest BCUT2D eigenvalue weighted by atomic mass is 10.1. The number of nitrogens with zero attached hydrogens (tertiary/aromatic N) is 2. The summed E-state index contributed by atoms with van der Waals surface area (Å²) in [6, 6.07) is 9.19. The van der Waals surface area contributed by atoms with Crippen molar-refractivity contribution in [3.8, 4) is 6.07 Å². The van der Waals surface area contributed by atoms with Gasteiger partial charge in [0, 0.05) is 24.0 Å². The molecule has 0 saturated carbocycles. The largest absolute Gasteiger partial charge is 0.366 e. The van der Waals surface area contributed by atoms with Gasteiger partial charge in [-0.05, 0) is 37.3 Å². The molecule has 1 aromatic rings. The Bertz CT molecular complexity index is 475. The van der Waals surface area contributed by atoms with Crippen LogP contribution in [0, 0.1) is 11.3 Å². The van der Waals surface area contributed by atoms with Crippen molar-refractivity contribution < 1.29 is 0 Å². The third-order valence-corrected chi connectivity index (χ3v) is 4.60. The molecule has 0 spiro atoms. The van der Waals surface area contributed by atoms with E-state index < -0.39 is 0 Å². The molecule has 1 heterocycles. The second kappa shape index (κ2) is 7.56. The molecule has 3 nitrogen and oxygen atoms in total. The molecular formula is C16H23N3S. The van der Waals surface area contributed by atoms with E-state index in [9.17, 15) is 5.26 Å². The van der Waals surface area contributed by atoms with E-state index in [1.807, 2.05) is 0 Å². The molecule has 20 heavy (non-hydrogen) atoms. The molecule has 0 aliphatic carbocycles. The summed E-state index contributed by atoms with van der Waals surface area (Å²) in [5.41, 5.74) is 1.96. The molecule has 0 amide bonds. The lowest BCUT2D eigenvalue weighted by Crippen LogP contribution is -2.38. The van der Waals surface area contributed by atoms with E-state index in [1.54, 1.807) is 11.8 Å². The number of hydrogen-bond acceptors (Lipinski definition) is 4. The van der Waals surface area contributed by atoms with Crippen molar-refractivity contribution in [2.75, 3.05) is 30.3 Å². The van der Waals surface area contributed by atoms with Crippen molar-refractivity contribution in [2.24, 2.45) is 0 Å². The fourth-order valence-corrected chi connectivity index (χ4v) is 3.57. The van der Waals surface area contributed by atoms with Crippen molar-refractivity contribution in [1.82, 2.24) is 5.32 Å². The first kappa shape index (κ1) is 15.2. The van der Waals surface area contributed by atoms with E-state index in [-0.39, 0.29) is 0 Å². The second-order valence-corrected chi connectivity index (χ2v) is 6.34. The van der Waals surface area contributed by atoms with Crippen molar-refractivity contribution in [1.29, 1.82) is 5.26 Å². The molecular weight excluding hydrogens is 266 g/mol. The molecule has 0 aromatic heterocycles. The highest BCUT2D eigenvalue weighted by molar-refractivity contribution is 7.99. The number of nitrogens with one attached hydrogen (secondary N) is 1. The van der Waals surface area contributed by atoms with Gasteiger partial charge in [0.1, 0.15) is 6.07 Å². The Labute approximate surface area is 126 Å². The minimum atomic E-state index is 0.518. The van der Waals surface area contributed by atoms with Crippen LogP contribution in [-0.2, 0) is 0 Å². The maximum absolute atomic E-state index is 9.58. The van der Waals surface area contributed by atoms with E-state index in [1.165, 1.54) is 0 Å².